The van der Waals surface area contributed by atoms with E-state index in [1.807, 2.05) is 0 Å². The van der Waals surface area contributed by atoms with E-state index in [1.165, 1.54) is 57.8 Å². The Labute approximate surface area is 148 Å². The zero-order valence-electron chi connectivity index (χ0n) is 16.0. The Morgan fingerprint density at radius 1 is 0.833 bits per heavy atom. The van der Waals surface area contributed by atoms with Crippen molar-refractivity contribution < 1.29 is 9.47 Å². The summed E-state index contributed by atoms with van der Waals surface area (Å²) in [4.78, 5) is 0. The summed E-state index contributed by atoms with van der Waals surface area (Å²) >= 11 is 0. The minimum atomic E-state index is -0.166. The highest BCUT2D eigenvalue weighted by Crippen LogP contribution is 2.68. The van der Waals surface area contributed by atoms with Crippen molar-refractivity contribution in [3.63, 3.8) is 0 Å². The first-order chi connectivity index (χ1) is 11.5. The highest BCUT2D eigenvalue weighted by molar-refractivity contribution is 5.10. The summed E-state index contributed by atoms with van der Waals surface area (Å²) in [5.74, 6) is 4.68. The topological polar surface area (TPSA) is 18.5 Å². The van der Waals surface area contributed by atoms with Crippen LogP contribution in [0, 0.1) is 40.4 Å². The van der Waals surface area contributed by atoms with Gasteiger partial charge in [-0.2, -0.15) is 0 Å². The normalized spacial score (nSPS) is 55.4. The summed E-state index contributed by atoms with van der Waals surface area (Å²) in [5, 5.41) is 0. The van der Waals surface area contributed by atoms with Gasteiger partial charge in [0.1, 0.15) is 0 Å². The largest absolute Gasteiger partial charge is 0.324 e. The third kappa shape index (κ3) is 1.96. The van der Waals surface area contributed by atoms with Crippen LogP contribution in [0.25, 0.3) is 0 Å². The minimum Gasteiger partial charge on any atom is -0.324 e. The summed E-state index contributed by atoms with van der Waals surface area (Å²) in [6.45, 7) is 8.28. The van der Waals surface area contributed by atoms with E-state index in [-0.39, 0.29) is 5.79 Å². The average molecular weight is 333 g/mol. The van der Waals surface area contributed by atoms with Crippen LogP contribution in [0.4, 0.5) is 0 Å². The smallest absolute Gasteiger partial charge is 0.174 e. The van der Waals surface area contributed by atoms with Gasteiger partial charge in [-0.1, -0.05) is 27.2 Å². The van der Waals surface area contributed by atoms with Gasteiger partial charge in [-0.15, -0.1) is 0 Å². The Morgan fingerprint density at radius 3 is 2.33 bits per heavy atom. The van der Waals surface area contributed by atoms with Crippen LogP contribution in [0.2, 0.25) is 0 Å². The Morgan fingerprint density at radius 2 is 1.62 bits per heavy atom. The Balaban J connectivity index is 1.40. The van der Waals surface area contributed by atoms with Crippen LogP contribution >= 0.6 is 0 Å². The van der Waals surface area contributed by atoms with E-state index < -0.39 is 0 Å². The lowest BCUT2D eigenvalue weighted by molar-refractivity contribution is -0.419. The monoisotopic (exact) mass is 332 g/mol. The second-order valence-electron chi connectivity index (χ2n) is 10.4. The first-order valence-corrected chi connectivity index (χ1v) is 10.8. The van der Waals surface area contributed by atoms with E-state index >= 15 is 0 Å². The van der Waals surface area contributed by atoms with Crippen molar-refractivity contribution in [2.75, 3.05) is 6.79 Å². The Hall–Kier alpha value is -0.0800. The standard InChI is InChI=1S/C22H36O2/c1-4-15-6-8-18-17-7-5-16-13-22(23-14-24-22)12-11-21(16,3)19(17)9-10-20(15,18)2/h15-19H,4-14H2,1-3H3/t15-,16?,17+,18+,19+,20-,21+/m1/s1. The predicted octanol–water partition coefficient (Wildman–Crippen LogP) is 5.76. The van der Waals surface area contributed by atoms with E-state index in [2.05, 4.69) is 20.8 Å². The molecule has 1 spiro atoms. The van der Waals surface area contributed by atoms with Crippen LogP contribution in [0.1, 0.15) is 85.0 Å². The Bertz CT molecular complexity index is 512. The average Bonchev–Trinajstić information content (AvgIpc) is 2.89. The molecule has 7 atom stereocenters. The van der Waals surface area contributed by atoms with E-state index in [0.717, 1.165) is 36.0 Å². The number of hydrogen-bond acceptors (Lipinski definition) is 2. The summed E-state index contributed by atoms with van der Waals surface area (Å²) in [6.07, 6.45) is 14.0. The van der Waals surface area contributed by atoms with Gasteiger partial charge in [0.05, 0.1) is 0 Å². The molecule has 0 bridgehead atoms. The molecule has 4 saturated carbocycles. The number of ether oxygens (including phenoxy) is 2. The molecule has 1 unspecified atom stereocenters. The fraction of sp³-hybridized carbons (Fsp3) is 1.00. The van der Waals surface area contributed by atoms with Gasteiger partial charge in [-0.25, -0.2) is 0 Å². The van der Waals surface area contributed by atoms with Crippen LogP contribution in [0.3, 0.4) is 0 Å². The number of hydrogen-bond donors (Lipinski definition) is 0. The summed E-state index contributed by atoms with van der Waals surface area (Å²) in [6, 6.07) is 0. The van der Waals surface area contributed by atoms with Crippen molar-refractivity contribution in [1.82, 2.24) is 0 Å². The number of fused-ring (bicyclic) bond motifs is 5. The van der Waals surface area contributed by atoms with Gasteiger partial charge < -0.3 is 9.47 Å². The molecule has 2 nitrogen and oxygen atoms in total. The van der Waals surface area contributed by atoms with Gasteiger partial charge in [-0.3, -0.25) is 0 Å². The van der Waals surface area contributed by atoms with Crippen molar-refractivity contribution in [2.45, 2.75) is 90.8 Å². The van der Waals surface area contributed by atoms with Gasteiger partial charge in [0, 0.05) is 12.8 Å². The van der Waals surface area contributed by atoms with Crippen molar-refractivity contribution >= 4 is 0 Å². The number of rotatable bonds is 1. The van der Waals surface area contributed by atoms with Crippen LogP contribution in [0.15, 0.2) is 0 Å². The maximum Gasteiger partial charge on any atom is 0.174 e. The van der Waals surface area contributed by atoms with Crippen molar-refractivity contribution in [3.8, 4) is 0 Å². The summed E-state index contributed by atoms with van der Waals surface area (Å²) in [7, 11) is 0. The molecule has 1 aliphatic heterocycles. The molecule has 0 radical (unpaired) electrons. The molecule has 5 fully saturated rings. The van der Waals surface area contributed by atoms with Gasteiger partial charge >= 0.3 is 0 Å². The molecule has 0 aromatic heterocycles. The molecule has 1 saturated heterocycles. The summed E-state index contributed by atoms with van der Waals surface area (Å²) in [5.41, 5.74) is 1.22. The predicted molar refractivity (Wildman–Crippen MR) is 95.3 cm³/mol. The van der Waals surface area contributed by atoms with E-state index in [4.69, 9.17) is 9.47 Å². The molecule has 5 rings (SSSR count). The van der Waals surface area contributed by atoms with Crippen LogP contribution < -0.4 is 0 Å². The van der Waals surface area contributed by atoms with Gasteiger partial charge in [-0.05, 0) is 85.4 Å². The molecule has 0 aromatic carbocycles. The molecule has 24 heavy (non-hydrogen) atoms. The lowest BCUT2D eigenvalue weighted by atomic mass is 9.44. The molecule has 1 heterocycles. The quantitative estimate of drug-likeness (QED) is 0.608. The minimum absolute atomic E-state index is 0.166. The molecule has 0 aromatic rings. The molecular weight excluding hydrogens is 296 g/mol. The van der Waals surface area contributed by atoms with E-state index in [0.29, 0.717) is 17.6 Å². The van der Waals surface area contributed by atoms with Gasteiger partial charge in [0.25, 0.3) is 0 Å². The lowest BCUT2D eigenvalue weighted by Crippen LogP contribution is -2.59. The molecule has 4 aliphatic carbocycles. The fourth-order valence-electron chi connectivity index (χ4n) is 8.46. The first kappa shape index (κ1) is 16.1. The van der Waals surface area contributed by atoms with Gasteiger partial charge in [0.2, 0.25) is 0 Å². The zero-order valence-corrected chi connectivity index (χ0v) is 16.0. The maximum absolute atomic E-state index is 5.88. The SMILES string of the molecule is CC[C@@H]1CC[C@H]2[C@@H]3CCC4CC5(CC[C@]4(C)[C@H]3CC[C@]12C)OCO5. The third-order valence-electron chi connectivity index (χ3n) is 10.0. The molecule has 2 heteroatoms. The molecule has 0 N–H and O–H groups in total. The van der Waals surface area contributed by atoms with E-state index in [1.54, 1.807) is 0 Å². The molecule has 5 aliphatic rings. The second-order valence-corrected chi connectivity index (χ2v) is 10.4. The van der Waals surface area contributed by atoms with Gasteiger partial charge in [0.15, 0.2) is 12.6 Å². The van der Waals surface area contributed by atoms with Crippen LogP contribution in [0.5, 0.6) is 0 Å². The Kier molecular flexibility index (Phi) is 3.51. The van der Waals surface area contributed by atoms with E-state index in [9.17, 15) is 0 Å². The molecule has 0 amide bonds. The second kappa shape index (κ2) is 5.22. The van der Waals surface area contributed by atoms with Crippen molar-refractivity contribution in [2.24, 2.45) is 40.4 Å². The van der Waals surface area contributed by atoms with Crippen LogP contribution in [-0.4, -0.2) is 12.6 Å². The fourth-order valence-corrected chi connectivity index (χ4v) is 8.46. The highest BCUT2D eigenvalue weighted by Gasteiger charge is 2.62. The third-order valence-corrected chi connectivity index (χ3v) is 10.0. The maximum atomic E-state index is 5.88. The van der Waals surface area contributed by atoms with Crippen molar-refractivity contribution in [3.05, 3.63) is 0 Å². The zero-order chi connectivity index (χ0) is 16.6. The van der Waals surface area contributed by atoms with Crippen molar-refractivity contribution in [1.29, 1.82) is 0 Å². The lowest BCUT2D eigenvalue weighted by Gasteiger charge is -2.63. The first-order valence-electron chi connectivity index (χ1n) is 10.8. The molecule has 136 valence electrons. The summed E-state index contributed by atoms with van der Waals surface area (Å²) < 4.78 is 11.8. The molecular formula is C22H36O2. The highest BCUT2D eigenvalue weighted by atomic mass is 16.9. The van der Waals surface area contributed by atoms with Crippen LogP contribution in [-0.2, 0) is 9.47 Å².